The third-order valence-corrected chi connectivity index (χ3v) is 4.97. The van der Waals surface area contributed by atoms with Gasteiger partial charge in [0.25, 0.3) is 5.91 Å². The van der Waals surface area contributed by atoms with Crippen molar-refractivity contribution in [1.82, 2.24) is 0 Å². The zero-order valence-corrected chi connectivity index (χ0v) is 17.6. The monoisotopic (exact) mass is 444 g/mol. The molecule has 2 aromatic carbocycles. The molecule has 1 aliphatic rings. The standard InChI is InChI=1S/C22H21ClN2O6/c1-2-30-21(28)14-7-9-16(10-8-14)25-12-15(11-20(25)27)22(29)31-13-19(26)24-18-6-4-3-5-17(18)23/h3-10,15H,2,11-13H2,1H3,(H,24,26)/t15-/m1/s1. The Morgan fingerprint density at radius 1 is 1.10 bits per heavy atom. The number of para-hydroxylation sites is 1. The first-order chi connectivity index (χ1) is 14.9. The van der Waals surface area contributed by atoms with Crippen LogP contribution in [0, 0.1) is 5.92 Å². The third kappa shape index (κ3) is 5.61. The molecule has 1 atom stereocenters. The maximum absolute atomic E-state index is 12.4. The Morgan fingerprint density at radius 3 is 2.48 bits per heavy atom. The summed E-state index contributed by atoms with van der Waals surface area (Å²) in [6.45, 7) is 1.63. The van der Waals surface area contributed by atoms with E-state index < -0.39 is 30.4 Å². The number of hydrogen-bond donors (Lipinski definition) is 1. The number of nitrogens with one attached hydrogen (secondary N) is 1. The Balaban J connectivity index is 1.53. The van der Waals surface area contributed by atoms with Crippen LogP contribution < -0.4 is 10.2 Å². The molecule has 1 N–H and O–H groups in total. The van der Waals surface area contributed by atoms with Gasteiger partial charge in [0.1, 0.15) is 0 Å². The second-order valence-corrected chi connectivity index (χ2v) is 7.22. The Kier molecular flexibility index (Phi) is 7.25. The smallest absolute Gasteiger partial charge is 0.338 e. The number of anilines is 2. The molecule has 0 bridgehead atoms. The first-order valence-corrected chi connectivity index (χ1v) is 10.1. The van der Waals surface area contributed by atoms with E-state index in [1.807, 2.05) is 0 Å². The summed E-state index contributed by atoms with van der Waals surface area (Å²) in [5, 5.41) is 2.93. The third-order valence-electron chi connectivity index (χ3n) is 4.64. The summed E-state index contributed by atoms with van der Waals surface area (Å²) in [6, 6.07) is 13.1. The van der Waals surface area contributed by atoms with Crippen molar-refractivity contribution in [2.24, 2.45) is 5.92 Å². The van der Waals surface area contributed by atoms with Crippen molar-refractivity contribution >= 4 is 46.7 Å². The maximum Gasteiger partial charge on any atom is 0.338 e. The van der Waals surface area contributed by atoms with Crippen LogP contribution in [-0.4, -0.2) is 43.5 Å². The minimum Gasteiger partial charge on any atom is -0.462 e. The van der Waals surface area contributed by atoms with E-state index in [0.29, 0.717) is 22.0 Å². The molecule has 1 heterocycles. The summed E-state index contributed by atoms with van der Waals surface area (Å²) in [4.78, 5) is 49.9. The fourth-order valence-electron chi connectivity index (χ4n) is 3.11. The van der Waals surface area contributed by atoms with E-state index in [0.717, 1.165) is 0 Å². The van der Waals surface area contributed by atoms with Crippen molar-refractivity contribution in [3.8, 4) is 0 Å². The van der Waals surface area contributed by atoms with Crippen LogP contribution in [-0.2, 0) is 23.9 Å². The number of ether oxygens (including phenoxy) is 2. The van der Waals surface area contributed by atoms with Crippen molar-refractivity contribution in [1.29, 1.82) is 0 Å². The average Bonchev–Trinajstić information content (AvgIpc) is 3.15. The molecule has 1 aliphatic heterocycles. The van der Waals surface area contributed by atoms with Gasteiger partial charge in [0, 0.05) is 18.7 Å². The zero-order chi connectivity index (χ0) is 22.4. The molecule has 1 fully saturated rings. The van der Waals surface area contributed by atoms with E-state index in [1.54, 1.807) is 55.5 Å². The van der Waals surface area contributed by atoms with E-state index in [1.165, 1.54) is 4.90 Å². The summed E-state index contributed by atoms with van der Waals surface area (Å²) in [6.07, 6.45) is -0.0232. The SMILES string of the molecule is CCOC(=O)c1ccc(N2C[C@H](C(=O)OCC(=O)Nc3ccccc3Cl)CC2=O)cc1. The molecule has 0 unspecified atom stereocenters. The average molecular weight is 445 g/mol. The topological polar surface area (TPSA) is 102 Å². The highest BCUT2D eigenvalue weighted by Crippen LogP contribution is 2.26. The summed E-state index contributed by atoms with van der Waals surface area (Å²) >= 11 is 5.98. The molecule has 0 spiro atoms. The van der Waals surface area contributed by atoms with E-state index in [9.17, 15) is 19.2 Å². The number of esters is 2. The van der Waals surface area contributed by atoms with Gasteiger partial charge in [0.15, 0.2) is 6.61 Å². The molecule has 2 aromatic rings. The molecule has 31 heavy (non-hydrogen) atoms. The Labute approximate surface area is 184 Å². The van der Waals surface area contributed by atoms with E-state index in [4.69, 9.17) is 21.1 Å². The van der Waals surface area contributed by atoms with E-state index >= 15 is 0 Å². The van der Waals surface area contributed by atoms with Gasteiger partial charge in [0.05, 0.1) is 28.8 Å². The number of benzene rings is 2. The molecule has 0 saturated carbocycles. The van der Waals surface area contributed by atoms with Gasteiger partial charge in [-0.05, 0) is 43.3 Å². The lowest BCUT2D eigenvalue weighted by molar-refractivity contribution is -0.151. The molecular weight excluding hydrogens is 424 g/mol. The van der Waals surface area contributed by atoms with Gasteiger partial charge in [-0.25, -0.2) is 4.79 Å². The van der Waals surface area contributed by atoms with Gasteiger partial charge < -0.3 is 19.7 Å². The van der Waals surface area contributed by atoms with E-state index in [-0.39, 0.29) is 25.5 Å². The summed E-state index contributed by atoms with van der Waals surface area (Å²) in [5.74, 6) is -2.54. The number of halogens is 1. The second-order valence-electron chi connectivity index (χ2n) is 6.81. The van der Waals surface area contributed by atoms with Gasteiger partial charge in [0.2, 0.25) is 5.91 Å². The first kappa shape index (κ1) is 22.3. The van der Waals surface area contributed by atoms with Gasteiger partial charge >= 0.3 is 11.9 Å². The van der Waals surface area contributed by atoms with Gasteiger partial charge in [-0.3, -0.25) is 14.4 Å². The fourth-order valence-corrected chi connectivity index (χ4v) is 3.29. The summed E-state index contributed by atoms with van der Waals surface area (Å²) in [5.41, 5.74) is 1.35. The lowest BCUT2D eigenvalue weighted by Gasteiger charge is -2.17. The minimum absolute atomic E-state index is 0.0232. The minimum atomic E-state index is -0.689. The molecule has 8 nitrogen and oxygen atoms in total. The normalized spacial score (nSPS) is 15.5. The predicted molar refractivity (Wildman–Crippen MR) is 114 cm³/mol. The molecule has 2 amide bonds. The van der Waals surface area contributed by atoms with Crippen molar-refractivity contribution in [2.75, 3.05) is 30.0 Å². The molecule has 162 valence electrons. The zero-order valence-electron chi connectivity index (χ0n) is 16.8. The Hall–Kier alpha value is -3.39. The molecule has 3 rings (SSSR count). The molecule has 1 saturated heterocycles. The summed E-state index contributed by atoms with van der Waals surface area (Å²) in [7, 11) is 0. The van der Waals surface area contributed by atoms with Crippen molar-refractivity contribution in [3.05, 3.63) is 59.1 Å². The predicted octanol–water partition coefficient (Wildman–Crippen LogP) is 3.05. The second kappa shape index (κ2) is 10.1. The van der Waals surface area contributed by atoms with Crippen LogP contribution >= 0.6 is 11.6 Å². The van der Waals surface area contributed by atoms with Crippen LogP contribution in [0.2, 0.25) is 5.02 Å². The number of carbonyl (C=O) groups excluding carboxylic acids is 4. The van der Waals surface area contributed by atoms with Crippen LogP contribution in [0.4, 0.5) is 11.4 Å². The lowest BCUT2D eigenvalue weighted by atomic mass is 10.1. The van der Waals surface area contributed by atoms with Gasteiger partial charge in [-0.15, -0.1) is 0 Å². The van der Waals surface area contributed by atoms with Crippen LogP contribution in [0.15, 0.2) is 48.5 Å². The molecule has 0 aromatic heterocycles. The molecule has 0 radical (unpaired) electrons. The van der Waals surface area contributed by atoms with Crippen LogP contribution in [0.3, 0.4) is 0 Å². The van der Waals surface area contributed by atoms with Crippen molar-refractivity contribution in [3.63, 3.8) is 0 Å². The van der Waals surface area contributed by atoms with E-state index in [2.05, 4.69) is 5.32 Å². The van der Waals surface area contributed by atoms with Crippen LogP contribution in [0.25, 0.3) is 0 Å². The first-order valence-electron chi connectivity index (χ1n) is 9.67. The van der Waals surface area contributed by atoms with Crippen LogP contribution in [0.5, 0.6) is 0 Å². The highest BCUT2D eigenvalue weighted by atomic mass is 35.5. The number of nitrogens with zero attached hydrogens (tertiary/aromatic N) is 1. The molecule has 0 aliphatic carbocycles. The number of hydrogen-bond acceptors (Lipinski definition) is 6. The quantitative estimate of drug-likeness (QED) is 0.658. The summed E-state index contributed by atoms with van der Waals surface area (Å²) < 4.78 is 10.0. The lowest BCUT2D eigenvalue weighted by Crippen LogP contribution is -2.28. The Morgan fingerprint density at radius 2 is 1.81 bits per heavy atom. The highest BCUT2D eigenvalue weighted by Gasteiger charge is 2.36. The largest absolute Gasteiger partial charge is 0.462 e. The maximum atomic E-state index is 12.4. The van der Waals surface area contributed by atoms with Crippen LogP contribution in [0.1, 0.15) is 23.7 Å². The fraction of sp³-hybridized carbons (Fsp3) is 0.273. The number of carbonyl (C=O) groups is 4. The molecule has 9 heteroatoms. The van der Waals surface area contributed by atoms with Gasteiger partial charge in [-0.2, -0.15) is 0 Å². The Bertz CT molecular complexity index is 992. The van der Waals surface area contributed by atoms with Crippen molar-refractivity contribution in [2.45, 2.75) is 13.3 Å². The molecular formula is C22H21ClN2O6. The van der Waals surface area contributed by atoms with Gasteiger partial charge in [-0.1, -0.05) is 23.7 Å². The highest BCUT2D eigenvalue weighted by molar-refractivity contribution is 6.33. The van der Waals surface area contributed by atoms with Crippen molar-refractivity contribution < 1.29 is 28.7 Å². The number of rotatable bonds is 7. The number of amides is 2.